The van der Waals surface area contributed by atoms with Crippen LogP contribution in [0.1, 0.15) is 21.6 Å². The van der Waals surface area contributed by atoms with Crippen molar-refractivity contribution in [1.29, 1.82) is 0 Å². The molecule has 0 unspecified atom stereocenters. The number of methoxy groups -OCH3 is 1. The quantitative estimate of drug-likeness (QED) is 0.722. The average molecular weight is 335 g/mol. The van der Waals surface area contributed by atoms with Crippen molar-refractivity contribution >= 4 is 5.91 Å². The fraction of sp³-hybridized carbons (Fsp3) is 0.200. The lowest BCUT2D eigenvalue weighted by Gasteiger charge is -2.10. The fourth-order valence-electron chi connectivity index (χ4n) is 2.65. The minimum Gasteiger partial charge on any atom is -0.497 e. The van der Waals surface area contributed by atoms with E-state index in [0.717, 1.165) is 23.3 Å². The lowest BCUT2D eigenvalue weighted by Crippen LogP contribution is -2.28. The van der Waals surface area contributed by atoms with Gasteiger partial charge in [0.15, 0.2) is 0 Å². The topological polar surface area (TPSA) is 56.1 Å². The van der Waals surface area contributed by atoms with E-state index < -0.39 is 0 Å². The van der Waals surface area contributed by atoms with Gasteiger partial charge in [0.2, 0.25) is 0 Å². The normalized spacial score (nSPS) is 10.4. The number of hydrogen-bond acceptors (Lipinski definition) is 3. The number of aromatic nitrogens is 2. The Morgan fingerprint density at radius 3 is 2.68 bits per heavy atom. The molecule has 0 saturated carbocycles. The van der Waals surface area contributed by atoms with Gasteiger partial charge < -0.3 is 14.6 Å². The highest BCUT2D eigenvalue weighted by atomic mass is 16.5. The third-order valence-electron chi connectivity index (χ3n) is 4.00. The minimum absolute atomic E-state index is 0.0672. The standard InChI is InChI=1S/C20H21N3O2/c1-25-18-8-6-16(7-9-18)10-12-22-20(24)19-5-3-13-23(19)15-17-4-2-11-21-14-17/h2-9,11,13-14H,10,12,15H2,1H3,(H,22,24). The van der Waals surface area contributed by atoms with Crippen molar-refractivity contribution in [2.75, 3.05) is 13.7 Å². The van der Waals surface area contributed by atoms with Crippen molar-refractivity contribution in [3.05, 3.63) is 83.9 Å². The molecule has 5 nitrogen and oxygen atoms in total. The van der Waals surface area contributed by atoms with Gasteiger partial charge in [-0.2, -0.15) is 0 Å². The van der Waals surface area contributed by atoms with Crippen LogP contribution in [0.3, 0.4) is 0 Å². The number of carbonyl (C=O) groups excluding carboxylic acids is 1. The van der Waals surface area contributed by atoms with Gasteiger partial charge in [0.05, 0.1) is 7.11 Å². The van der Waals surface area contributed by atoms with Crippen LogP contribution >= 0.6 is 0 Å². The predicted molar refractivity (Wildman–Crippen MR) is 96.8 cm³/mol. The first-order valence-corrected chi connectivity index (χ1v) is 8.21. The summed E-state index contributed by atoms with van der Waals surface area (Å²) in [7, 11) is 1.65. The predicted octanol–water partition coefficient (Wildman–Crippen LogP) is 2.91. The summed E-state index contributed by atoms with van der Waals surface area (Å²) >= 11 is 0. The van der Waals surface area contributed by atoms with Crippen LogP contribution in [-0.4, -0.2) is 29.1 Å². The van der Waals surface area contributed by atoms with E-state index in [9.17, 15) is 4.79 Å². The van der Waals surface area contributed by atoms with E-state index in [2.05, 4.69) is 10.3 Å². The number of ether oxygens (including phenoxy) is 1. The van der Waals surface area contributed by atoms with Crippen molar-refractivity contribution in [3.63, 3.8) is 0 Å². The molecule has 1 aromatic carbocycles. The van der Waals surface area contributed by atoms with Crippen molar-refractivity contribution in [2.24, 2.45) is 0 Å². The van der Waals surface area contributed by atoms with Gasteiger partial charge in [0.1, 0.15) is 11.4 Å². The van der Waals surface area contributed by atoms with Gasteiger partial charge in [-0.3, -0.25) is 9.78 Å². The number of carbonyl (C=O) groups is 1. The Bertz CT molecular complexity index is 810. The lowest BCUT2D eigenvalue weighted by atomic mass is 10.1. The summed E-state index contributed by atoms with van der Waals surface area (Å²) in [5.41, 5.74) is 2.87. The molecule has 0 fully saturated rings. The largest absolute Gasteiger partial charge is 0.497 e. The van der Waals surface area contributed by atoms with Gasteiger partial charge in [-0.25, -0.2) is 0 Å². The number of amides is 1. The average Bonchev–Trinajstić information content (AvgIpc) is 3.11. The van der Waals surface area contributed by atoms with E-state index in [1.54, 1.807) is 13.3 Å². The number of benzene rings is 1. The second-order valence-corrected chi connectivity index (χ2v) is 5.74. The molecule has 3 aromatic rings. The van der Waals surface area contributed by atoms with Gasteiger partial charge in [-0.05, 0) is 47.9 Å². The summed E-state index contributed by atoms with van der Waals surface area (Å²) in [6, 6.07) is 15.5. The molecule has 5 heteroatoms. The maximum absolute atomic E-state index is 12.4. The zero-order valence-corrected chi connectivity index (χ0v) is 14.2. The first kappa shape index (κ1) is 16.8. The molecule has 1 N–H and O–H groups in total. The van der Waals surface area contributed by atoms with Gasteiger partial charge >= 0.3 is 0 Å². The zero-order valence-electron chi connectivity index (χ0n) is 14.2. The third-order valence-corrected chi connectivity index (χ3v) is 4.00. The maximum atomic E-state index is 12.4. The van der Waals surface area contributed by atoms with Gasteiger partial charge in [0.25, 0.3) is 5.91 Å². The summed E-state index contributed by atoms with van der Waals surface area (Å²) in [6.07, 6.45) is 6.24. The number of pyridine rings is 1. The van der Waals surface area contributed by atoms with Gasteiger partial charge in [-0.1, -0.05) is 18.2 Å². The molecule has 0 spiro atoms. The Kier molecular flexibility index (Phi) is 5.46. The first-order chi connectivity index (χ1) is 12.3. The Balaban J connectivity index is 1.55. The Hall–Kier alpha value is -3.08. The molecule has 0 bridgehead atoms. The molecular formula is C20H21N3O2. The van der Waals surface area contributed by atoms with E-state index >= 15 is 0 Å². The fourth-order valence-corrected chi connectivity index (χ4v) is 2.65. The summed E-state index contributed by atoms with van der Waals surface area (Å²) in [5, 5.41) is 2.98. The van der Waals surface area contributed by atoms with Crippen molar-refractivity contribution in [1.82, 2.24) is 14.9 Å². The SMILES string of the molecule is COc1ccc(CCNC(=O)c2cccn2Cc2cccnc2)cc1. The molecule has 1 amide bonds. The molecule has 0 saturated heterocycles. The van der Waals surface area contributed by atoms with Crippen LogP contribution in [0.25, 0.3) is 0 Å². The highest BCUT2D eigenvalue weighted by molar-refractivity contribution is 5.92. The van der Waals surface area contributed by atoms with E-state index in [1.807, 2.05) is 65.5 Å². The van der Waals surface area contributed by atoms with Crippen LogP contribution in [0, 0.1) is 0 Å². The minimum atomic E-state index is -0.0672. The van der Waals surface area contributed by atoms with Gasteiger partial charge in [0, 0.05) is 31.7 Å². The molecule has 0 aliphatic rings. The zero-order chi connectivity index (χ0) is 17.5. The Morgan fingerprint density at radius 1 is 1.12 bits per heavy atom. The second-order valence-electron chi connectivity index (χ2n) is 5.74. The first-order valence-electron chi connectivity index (χ1n) is 8.21. The summed E-state index contributed by atoms with van der Waals surface area (Å²) in [6.45, 7) is 1.21. The number of nitrogens with one attached hydrogen (secondary N) is 1. The van der Waals surface area contributed by atoms with Gasteiger partial charge in [-0.15, -0.1) is 0 Å². The van der Waals surface area contributed by atoms with Crippen LogP contribution < -0.4 is 10.1 Å². The molecule has 2 aromatic heterocycles. The number of nitrogens with zero attached hydrogens (tertiary/aromatic N) is 2. The molecule has 0 aliphatic carbocycles. The van der Waals surface area contributed by atoms with E-state index in [-0.39, 0.29) is 5.91 Å². The van der Waals surface area contributed by atoms with Crippen molar-refractivity contribution < 1.29 is 9.53 Å². The van der Waals surface area contributed by atoms with E-state index in [0.29, 0.717) is 18.8 Å². The smallest absolute Gasteiger partial charge is 0.267 e. The molecule has 0 radical (unpaired) electrons. The Labute approximate surface area is 147 Å². The lowest BCUT2D eigenvalue weighted by molar-refractivity contribution is 0.0945. The molecule has 25 heavy (non-hydrogen) atoms. The molecular weight excluding hydrogens is 314 g/mol. The summed E-state index contributed by atoms with van der Waals surface area (Å²) < 4.78 is 7.08. The van der Waals surface area contributed by atoms with Crippen LogP contribution in [0.5, 0.6) is 5.75 Å². The van der Waals surface area contributed by atoms with E-state index in [1.165, 1.54) is 0 Å². The second kappa shape index (κ2) is 8.15. The molecule has 0 aliphatic heterocycles. The van der Waals surface area contributed by atoms with Crippen molar-refractivity contribution in [2.45, 2.75) is 13.0 Å². The highest BCUT2D eigenvalue weighted by Gasteiger charge is 2.10. The molecule has 2 heterocycles. The monoisotopic (exact) mass is 335 g/mol. The molecule has 3 rings (SSSR count). The molecule has 0 atom stereocenters. The highest BCUT2D eigenvalue weighted by Crippen LogP contribution is 2.11. The van der Waals surface area contributed by atoms with Crippen molar-refractivity contribution in [3.8, 4) is 5.75 Å². The van der Waals surface area contributed by atoms with Crippen LogP contribution in [-0.2, 0) is 13.0 Å². The third kappa shape index (κ3) is 4.47. The maximum Gasteiger partial charge on any atom is 0.267 e. The summed E-state index contributed by atoms with van der Waals surface area (Å²) in [5.74, 6) is 0.767. The van der Waals surface area contributed by atoms with Crippen LogP contribution in [0.15, 0.2) is 67.1 Å². The van der Waals surface area contributed by atoms with E-state index in [4.69, 9.17) is 4.74 Å². The number of rotatable bonds is 7. The number of hydrogen-bond donors (Lipinski definition) is 1. The molecule has 128 valence electrons. The summed E-state index contributed by atoms with van der Waals surface area (Å²) in [4.78, 5) is 16.6. The van der Waals surface area contributed by atoms with Crippen LogP contribution in [0.4, 0.5) is 0 Å². The Morgan fingerprint density at radius 2 is 1.96 bits per heavy atom. The van der Waals surface area contributed by atoms with Crippen LogP contribution in [0.2, 0.25) is 0 Å².